The zero-order chi connectivity index (χ0) is 18.6. The van der Waals surface area contributed by atoms with Gasteiger partial charge in [-0.25, -0.2) is 0 Å². The highest BCUT2D eigenvalue weighted by Crippen LogP contribution is 2.32. The Hall–Kier alpha value is -2.00. The van der Waals surface area contributed by atoms with Crippen molar-refractivity contribution < 1.29 is 9.47 Å². The van der Waals surface area contributed by atoms with Crippen molar-refractivity contribution in [2.45, 2.75) is 59.6 Å². The molecule has 0 bridgehead atoms. The average Bonchev–Trinajstić information content (AvgIpc) is 2.65. The van der Waals surface area contributed by atoms with Crippen molar-refractivity contribution in [3.05, 3.63) is 59.2 Å². The number of hydrogen-bond acceptors (Lipinski definition) is 3. The highest BCUT2D eigenvalue weighted by molar-refractivity contribution is 5.46. The van der Waals surface area contributed by atoms with E-state index in [1.54, 1.807) is 0 Å². The first-order chi connectivity index (χ1) is 12.7. The van der Waals surface area contributed by atoms with Gasteiger partial charge in [-0.3, -0.25) is 0 Å². The number of benzene rings is 2. The minimum absolute atomic E-state index is 0.549. The van der Waals surface area contributed by atoms with Crippen LogP contribution in [0.25, 0.3) is 0 Å². The molecule has 0 aliphatic heterocycles. The Labute approximate surface area is 158 Å². The summed E-state index contributed by atoms with van der Waals surface area (Å²) < 4.78 is 12.0. The summed E-state index contributed by atoms with van der Waals surface area (Å²) in [7, 11) is 0. The maximum atomic E-state index is 6.18. The van der Waals surface area contributed by atoms with E-state index in [4.69, 9.17) is 9.47 Å². The second-order valence-electron chi connectivity index (χ2n) is 6.69. The Balaban J connectivity index is 1.99. The first-order valence-electron chi connectivity index (χ1n) is 9.88. The number of ether oxygens (including phenoxy) is 2. The van der Waals surface area contributed by atoms with Gasteiger partial charge in [-0.1, -0.05) is 68.1 Å². The molecule has 0 fully saturated rings. The van der Waals surface area contributed by atoms with Crippen LogP contribution in [0, 0.1) is 6.92 Å². The van der Waals surface area contributed by atoms with Gasteiger partial charge in [0.15, 0.2) is 11.5 Å². The minimum atomic E-state index is 0.549. The smallest absolute Gasteiger partial charge is 0.166 e. The minimum Gasteiger partial charge on any atom is -0.490 e. The van der Waals surface area contributed by atoms with Gasteiger partial charge in [-0.05, 0) is 38.4 Å². The van der Waals surface area contributed by atoms with Crippen molar-refractivity contribution in [2.75, 3.05) is 13.2 Å². The Morgan fingerprint density at radius 3 is 2.42 bits per heavy atom. The van der Waals surface area contributed by atoms with E-state index in [1.807, 2.05) is 19.1 Å². The van der Waals surface area contributed by atoms with Crippen LogP contribution in [-0.2, 0) is 13.2 Å². The van der Waals surface area contributed by atoms with E-state index in [1.165, 1.54) is 36.8 Å². The van der Waals surface area contributed by atoms with Gasteiger partial charge in [0.1, 0.15) is 6.61 Å². The molecule has 3 heteroatoms. The van der Waals surface area contributed by atoms with Crippen LogP contribution < -0.4 is 14.8 Å². The third-order valence-corrected chi connectivity index (χ3v) is 4.39. The van der Waals surface area contributed by atoms with Crippen LogP contribution in [0.2, 0.25) is 0 Å². The lowest BCUT2D eigenvalue weighted by Crippen LogP contribution is -2.16. The van der Waals surface area contributed by atoms with Crippen LogP contribution in [0.15, 0.2) is 42.5 Å². The normalized spacial score (nSPS) is 10.7. The number of rotatable bonds is 12. The number of para-hydroxylation sites is 1. The molecular weight excluding hydrogens is 322 g/mol. The maximum absolute atomic E-state index is 6.18. The molecule has 0 heterocycles. The Morgan fingerprint density at radius 1 is 0.885 bits per heavy atom. The summed E-state index contributed by atoms with van der Waals surface area (Å²) in [4.78, 5) is 0. The Kier molecular flexibility index (Phi) is 9.05. The first-order valence-corrected chi connectivity index (χ1v) is 9.88. The predicted octanol–water partition coefficient (Wildman–Crippen LogP) is 5.64. The van der Waals surface area contributed by atoms with E-state index >= 15 is 0 Å². The van der Waals surface area contributed by atoms with Gasteiger partial charge in [0.25, 0.3) is 0 Å². The molecule has 0 saturated carbocycles. The second-order valence-corrected chi connectivity index (χ2v) is 6.69. The summed E-state index contributed by atoms with van der Waals surface area (Å²) in [6, 6.07) is 14.6. The van der Waals surface area contributed by atoms with Gasteiger partial charge >= 0.3 is 0 Å². The average molecular weight is 356 g/mol. The SMILES string of the molecule is CCCCCCNCc1cccc(OCC)c1OCc1ccc(C)cc1. The molecule has 3 nitrogen and oxygen atoms in total. The van der Waals surface area contributed by atoms with Crippen molar-refractivity contribution in [3.8, 4) is 11.5 Å². The maximum Gasteiger partial charge on any atom is 0.166 e. The summed E-state index contributed by atoms with van der Waals surface area (Å²) in [5.41, 5.74) is 3.58. The molecule has 0 aliphatic carbocycles. The molecule has 2 aromatic carbocycles. The zero-order valence-corrected chi connectivity index (χ0v) is 16.5. The van der Waals surface area contributed by atoms with Crippen LogP contribution >= 0.6 is 0 Å². The molecule has 0 aliphatic rings. The summed E-state index contributed by atoms with van der Waals surface area (Å²) in [6.07, 6.45) is 5.09. The Morgan fingerprint density at radius 2 is 1.69 bits per heavy atom. The van der Waals surface area contributed by atoms with Crippen LogP contribution in [-0.4, -0.2) is 13.2 Å². The number of aryl methyl sites for hydroxylation is 1. The van der Waals surface area contributed by atoms with Crippen LogP contribution in [0.1, 0.15) is 56.2 Å². The fraction of sp³-hybridized carbons (Fsp3) is 0.478. The standard InChI is InChI=1S/C23H33NO2/c1-4-6-7-8-16-24-17-21-10-9-11-22(25-5-2)23(21)26-18-20-14-12-19(3)13-15-20/h9-15,24H,4-8,16-18H2,1-3H3. The quantitative estimate of drug-likeness (QED) is 0.500. The van der Waals surface area contributed by atoms with Gasteiger partial charge in [0, 0.05) is 12.1 Å². The molecule has 0 atom stereocenters. The number of nitrogens with one attached hydrogen (secondary N) is 1. The number of unbranched alkanes of at least 4 members (excludes halogenated alkanes) is 3. The first kappa shape index (κ1) is 20.3. The van der Waals surface area contributed by atoms with E-state index in [-0.39, 0.29) is 0 Å². The fourth-order valence-corrected chi connectivity index (χ4v) is 2.87. The van der Waals surface area contributed by atoms with E-state index in [2.05, 4.69) is 49.5 Å². The summed E-state index contributed by atoms with van der Waals surface area (Å²) in [6.45, 7) is 9.36. The zero-order valence-electron chi connectivity index (χ0n) is 16.5. The van der Waals surface area contributed by atoms with E-state index in [0.29, 0.717) is 13.2 Å². The molecule has 0 saturated heterocycles. The van der Waals surface area contributed by atoms with Crippen LogP contribution in [0.3, 0.4) is 0 Å². The van der Waals surface area contributed by atoms with E-state index in [0.717, 1.165) is 30.2 Å². The lowest BCUT2D eigenvalue weighted by Gasteiger charge is -2.16. The topological polar surface area (TPSA) is 30.5 Å². The van der Waals surface area contributed by atoms with E-state index < -0.39 is 0 Å². The third-order valence-electron chi connectivity index (χ3n) is 4.39. The molecular formula is C23H33NO2. The molecule has 0 aromatic heterocycles. The summed E-state index contributed by atoms with van der Waals surface area (Å²) in [5, 5.41) is 3.54. The number of hydrogen-bond donors (Lipinski definition) is 1. The molecule has 1 N–H and O–H groups in total. The molecule has 0 unspecified atom stereocenters. The van der Waals surface area contributed by atoms with Crippen molar-refractivity contribution in [2.24, 2.45) is 0 Å². The van der Waals surface area contributed by atoms with Gasteiger partial charge in [-0.15, -0.1) is 0 Å². The molecule has 0 radical (unpaired) electrons. The molecule has 142 valence electrons. The second kappa shape index (κ2) is 11.6. The lowest BCUT2D eigenvalue weighted by atomic mass is 10.1. The Bertz CT molecular complexity index is 637. The van der Waals surface area contributed by atoms with Gasteiger partial charge in [0.2, 0.25) is 0 Å². The van der Waals surface area contributed by atoms with Crippen molar-refractivity contribution in [1.29, 1.82) is 0 Å². The van der Waals surface area contributed by atoms with Gasteiger partial charge < -0.3 is 14.8 Å². The summed E-state index contributed by atoms with van der Waals surface area (Å²) in [5.74, 6) is 1.68. The third kappa shape index (κ3) is 6.72. The highest BCUT2D eigenvalue weighted by atomic mass is 16.5. The fourth-order valence-electron chi connectivity index (χ4n) is 2.87. The predicted molar refractivity (Wildman–Crippen MR) is 109 cm³/mol. The molecule has 0 amide bonds. The van der Waals surface area contributed by atoms with Crippen molar-refractivity contribution >= 4 is 0 Å². The molecule has 0 spiro atoms. The largest absolute Gasteiger partial charge is 0.490 e. The molecule has 2 aromatic rings. The van der Waals surface area contributed by atoms with E-state index in [9.17, 15) is 0 Å². The lowest BCUT2D eigenvalue weighted by molar-refractivity contribution is 0.266. The molecule has 2 rings (SSSR count). The monoisotopic (exact) mass is 355 g/mol. The highest BCUT2D eigenvalue weighted by Gasteiger charge is 2.11. The van der Waals surface area contributed by atoms with Crippen molar-refractivity contribution in [3.63, 3.8) is 0 Å². The molecule has 26 heavy (non-hydrogen) atoms. The van der Waals surface area contributed by atoms with Gasteiger partial charge in [0.05, 0.1) is 6.61 Å². The van der Waals surface area contributed by atoms with Gasteiger partial charge in [-0.2, -0.15) is 0 Å². The van der Waals surface area contributed by atoms with Crippen molar-refractivity contribution in [1.82, 2.24) is 5.32 Å². The van der Waals surface area contributed by atoms with Crippen LogP contribution in [0.5, 0.6) is 11.5 Å². The summed E-state index contributed by atoms with van der Waals surface area (Å²) >= 11 is 0. The van der Waals surface area contributed by atoms with Crippen LogP contribution in [0.4, 0.5) is 0 Å².